The van der Waals surface area contributed by atoms with Crippen LogP contribution >= 0.6 is 0 Å². The number of pyridine rings is 1. The van der Waals surface area contributed by atoms with Gasteiger partial charge in [-0.2, -0.15) is 5.10 Å². The SMILES string of the molecule is Cc1cc2c(cc1/C(=N\N)c1ccc(C3=C(O)CCCC3=O)cn1)C(C)(C)CCC2(C)C. The van der Waals surface area contributed by atoms with E-state index in [1.54, 1.807) is 6.20 Å². The molecule has 4 rings (SSSR count). The molecule has 0 saturated carbocycles. The van der Waals surface area contributed by atoms with Gasteiger partial charge in [-0.3, -0.25) is 9.78 Å². The number of rotatable bonds is 3. The molecule has 1 aromatic carbocycles. The normalized spacial score (nSPS) is 20.3. The van der Waals surface area contributed by atoms with Gasteiger partial charge in [-0.15, -0.1) is 0 Å². The topological polar surface area (TPSA) is 88.6 Å². The maximum Gasteiger partial charge on any atom is 0.166 e. The zero-order chi connectivity index (χ0) is 23.3. The van der Waals surface area contributed by atoms with Crippen LogP contribution in [0.15, 0.2) is 41.3 Å². The van der Waals surface area contributed by atoms with E-state index in [-0.39, 0.29) is 22.4 Å². The highest BCUT2D eigenvalue weighted by Gasteiger charge is 2.37. The van der Waals surface area contributed by atoms with Crippen LogP contribution in [0.3, 0.4) is 0 Å². The predicted molar refractivity (Wildman–Crippen MR) is 129 cm³/mol. The molecule has 0 aliphatic heterocycles. The van der Waals surface area contributed by atoms with Crippen molar-refractivity contribution in [3.63, 3.8) is 0 Å². The average molecular weight is 432 g/mol. The lowest BCUT2D eigenvalue weighted by Gasteiger charge is -2.42. The van der Waals surface area contributed by atoms with Gasteiger partial charge in [0.2, 0.25) is 0 Å². The van der Waals surface area contributed by atoms with Gasteiger partial charge in [-0.05, 0) is 65.8 Å². The lowest BCUT2D eigenvalue weighted by molar-refractivity contribution is -0.114. The molecule has 0 saturated heterocycles. The molecule has 1 heterocycles. The third-order valence-electron chi connectivity index (χ3n) is 7.26. The Morgan fingerprint density at radius 3 is 2.28 bits per heavy atom. The Labute approximate surface area is 190 Å². The fourth-order valence-electron chi connectivity index (χ4n) is 5.09. The predicted octanol–water partition coefficient (Wildman–Crippen LogP) is 5.47. The first-order valence-electron chi connectivity index (χ1n) is 11.4. The van der Waals surface area contributed by atoms with E-state index in [9.17, 15) is 9.90 Å². The first-order valence-corrected chi connectivity index (χ1v) is 11.4. The summed E-state index contributed by atoms with van der Waals surface area (Å²) in [4.78, 5) is 16.9. The minimum absolute atomic E-state index is 0.0357. The van der Waals surface area contributed by atoms with Gasteiger partial charge < -0.3 is 10.9 Å². The van der Waals surface area contributed by atoms with E-state index in [1.807, 2.05) is 12.1 Å². The summed E-state index contributed by atoms with van der Waals surface area (Å²) >= 11 is 0. The van der Waals surface area contributed by atoms with E-state index in [2.05, 4.69) is 56.8 Å². The van der Waals surface area contributed by atoms with Crippen molar-refractivity contribution in [2.75, 3.05) is 0 Å². The lowest BCUT2D eigenvalue weighted by atomic mass is 9.62. The Hall–Kier alpha value is -2.95. The Bertz CT molecular complexity index is 1140. The van der Waals surface area contributed by atoms with Gasteiger partial charge in [0, 0.05) is 30.2 Å². The minimum Gasteiger partial charge on any atom is -0.512 e. The van der Waals surface area contributed by atoms with Crippen molar-refractivity contribution < 1.29 is 9.90 Å². The van der Waals surface area contributed by atoms with E-state index >= 15 is 0 Å². The zero-order valence-corrected chi connectivity index (χ0v) is 19.7. The number of hydrogen-bond donors (Lipinski definition) is 2. The summed E-state index contributed by atoms with van der Waals surface area (Å²) in [7, 11) is 0. The van der Waals surface area contributed by atoms with Crippen LogP contribution in [0, 0.1) is 6.92 Å². The van der Waals surface area contributed by atoms with Crippen molar-refractivity contribution in [1.82, 2.24) is 4.98 Å². The summed E-state index contributed by atoms with van der Waals surface area (Å²) in [5.74, 6) is 5.99. The molecule has 0 spiro atoms. The van der Waals surface area contributed by atoms with Gasteiger partial charge in [-0.25, -0.2) is 0 Å². The molecule has 1 aromatic heterocycles. The molecule has 0 fully saturated rings. The Kier molecular flexibility index (Phi) is 5.48. The number of allylic oxidation sites excluding steroid dienone is 2. The maximum atomic E-state index is 12.3. The number of aliphatic hydroxyl groups is 1. The molecule has 168 valence electrons. The minimum atomic E-state index is -0.0357. The number of benzene rings is 1. The number of nitrogens with two attached hydrogens (primary N) is 1. The van der Waals surface area contributed by atoms with Crippen LogP contribution in [0.1, 0.15) is 93.3 Å². The monoisotopic (exact) mass is 431 g/mol. The fraction of sp³-hybridized carbons (Fsp3) is 0.444. The fourth-order valence-corrected chi connectivity index (χ4v) is 5.09. The molecule has 2 aromatic rings. The van der Waals surface area contributed by atoms with Crippen LogP contribution in [0.5, 0.6) is 0 Å². The van der Waals surface area contributed by atoms with Crippen molar-refractivity contribution in [3.8, 4) is 0 Å². The van der Waals surface area contributed by atoms with Crippen LogP contribution in [0.4, 0.5) is 0 Å². The van der Waals surface area contributed by atoms with E-state index in [0.717, 1.165) is 24.0 Å². The van der Waals surface area contributed by atoms with Crippen molar-refractivity contribution in [2.24, 2.45) is 10.9 Å². The molecule has 0 atom stereocenters. The summed E-state index contributed by atoms with van der Waals surface area (Å²) < 4.78 is 0. The molecule has 3 N–H and O–H groups in total. The first-order chi connectivity index (χ1) is 15.0. The number of aliphatic hydroxyl groups excluding tert-OH is 1. The maximum absolute atomic E-state index is 12.3. The number of fused-ring (bicyclic) bond motifs is 1. The van der Waals surface area contributed by atoms with Crippen LogP contribution in [0.25, 0.3) is 5.57 Å². The van der Waals surface area contributed by atoms with Gasteiger partial charge in [0.25, 0.3) is 0 Å². The average Bonchev–Trinajstić information content (AvgIpc) is 2.74. The number of hydrogen-bond acceptors (Lipinski definition) is 5. The number of ketones is 1. The second-order valence-corrected chi connectivity index (χ2v) is 10.5. The Balaban J connectivity index is 1.77. The number of nitrogens with zero attached hydrogens (tertiary/aromatic N) is 2. The summed E-state index contributed by atoms with van der Waals surface area (Å²) in [6.45, 7) is 11.3. The molecule has 32 heavy (non-hydrogen) atoms. The highest BCUT2D eigenvalue weighted by atomic mass is 16.3. The number of carbonyl (C=O) groups is 1. The van der Waals surface area contributed by atoms with Gasteiger partial charge in [0.15, 0.2) is 5.78 Å². The second kappa shape index (κ2) is 7.88. The zero-order valence-electron chi connectivity index (χ0n) is 19.7. The Morgan fingerprint density at radius 2 is 1.72 bits per heavy atom. The molecule has 0 unspecified atom stereocenters. The standard InChI is InChI=1S/C27H33N3O2/c1-16-13-19-20(27(4,5)12-11-26(19,2)3)14-18(16)25(30-28)21-10-9-17(15-29-21)24-22(31)7-6-8-23(24)32/h9-10,13-15,31H,6-8,11-12,28H2,1-5H3/b30-25+. The van der Waals surface area contributed by atoms with Crippen LogP contribution in [-0.2, 0) is 15.6 Å². The molecular weight excluding hydrogens is 398 g/mol. The number of aryl methyl sites for hydroxylation is 1. The molecule has 2 aliphatic rings. The first kappa shape index (κ1) is 22.3. The summed E-state index contributed by atoms with van der Waals surface area (Å²) in [5, 5.41) is 14.3. The van der Waals surface area contributed by atoms with Gasteiger partial charge in [0.05, 0.1) is 11.3 Å². The van der Waals surface area contributed by atoms with E-state index in [0.29, 0.717) is 41.8 Å². The molecule has 5 heteroatoms. The third kappa shape index (κ3) is 3.74. The molecular formula is C27H33N3O2. The van der Waals surface area contributed by atoms with Crippen molar-refractivity contribution in [2.45, 2.75) is 77.6 Å². The molecule has 0 amide bonds. The van der Waals surface area contributed by atoms with E-state index in [1.165, 1.54) is 11.1 Å². The largest absolute Gasteiger partial charge is 0.512 e. The summed E-state index contributed by atoms with van der Waals surface area (Å²) in [6.07, 6.45) is 5.60. The van der Waals surface area contributed by atoms with E-state index in [4.69, 9.17) is 5.84 Å². The van der Waals surface area contributed by atoms with Crippen LogP contribution in [-0.4, -0.2) is 21.6 Å². The van der Waals surface area contributed by atoms with Gasteiger partial charge in [-0.1, -0.05) is 39.8 Å². The molecule has 0 bridgehead atoms. The number of aromatic nitrogens is 1. The van der Waals surface area contributed by atoms with Gasteiger partial charge in [0.1, 0.15) is 11.5 Å². The third-order valence-corrected chi connectivity index (χ3v) is 7.26. The molecule has 0 radical (unpaired) electrons. The highest BCUT2D eigenvalue weighted by Crippen LogP contribution is 2.46. The summed E-state index contributed by atoms with van der Waals surface area (Å²) in [5.41, 5.74) is 7.35. The van der Waals surface area contributed by atoms with E-state index < -0.39 is 0 Å². The highest BCUT2D eigenvalue weighted by molar-refractivity contribution is 6.22. The van der Waals surface area contributed by atoms with Crippen LogP contribution in [0.2, 0.25) is 0 Å². The number of carbonyl (C=O) groups excluding carboxylic acids is 1. The number of Topliss-reactive ketones (excluding diaryl/α,β-unsaturated/α-hetero) is 1. The molecule has 2 aliphatic carbocycles. The van der Waals surface area contributed by atoms with Crippen LogP contribution < -0.4 is 5.84 Å². The van der Waals surface area contributed by atoms with Crippen molar-refractivity contribution in [1.29, 1.82) is 0 Å². The lowest BCUT2D eigenvalue weighted by Crippen LogP contribution is -2.34. The molecule has 5 nitrogen and oxygen atoms in total. The smallest absolute Gasteiger partial charge is 0.166 e. The number of hydrazone groups is 1. The second-order valence-electron chi connectivity index (χ2n) is 10.5. The quantitative estimate of drug-likeness (QED) is 0.383. The summed E-state index contributed by atoms with van der Waals surface area (Å²) in [6, 6.07) is 8.18. The van der Waals surface area contributed by atoms with Crippen molar-refractivity contribution >= 4 is 17.1 Å². The van der Waals surface area contributed by atoms with Gasteiger partial charge >= 0.3 is 0 Å². The Morgan fingerprint density at radius 1 is 1.06 bits per heavy atom. The van der Waals surface area contributed by atoms with Crippen molar-refractivity contribution in [3.05, 3.63) is 69.7 Å².